The molecule has 0 amide bonds. The highest BCUT2D eigenvalue weighted by Crippen LogP contribution is 2.32. The van der Waals surface area contributed by atoms with Crippen LogP contribution in [0.1, 0.15) is 5.56 Å². The van der Waals surface area contributed by atoms with Crippen LogP contribution in [0.3, 0.4) is 0 Å². The molecule has 3 heteroatoms. The van der Waals surface area contributed by atoms with Crippen molar-refractivity contribution in [2.75, 3.05) is 6.26 Å². The second-order valence-electron chi connectivity index (χ2n) is 5.71. The van der Waals surface area contributed by atoms with Crippen molar-refractivity contribution in [1.82, 2.24) is 0 Å². The van der Waals surface area contributed by atoms with Gasteiger partial charge in [-0.3, -0.25) is 0 Å². The fourth-order valence-electron chi connectivity index (χ4n) is 2.68. The first-order valence-corrected chi connectivity index (χ1v) is 9.31. The lowest BCUT2D eigenvalue weighted by atomic mass is 9.94. The van der Waals surface area contributed by atoms with Gasteiger partial charge in [0.05, 0.1) is 4.90 Å². The van der Waals surface area contributed by atoms with E-state index in [2.05, 4.69) is 37.3 Å². The molecule has 3 rings (SSSR count). The molecule has 0 aliphatic rings. The summed E-state index contributed by atoms with van der Waals surface area (Å²) >= 11 is 0. The molecule has 3 aromatic rings. The van der Waals surface area contributed by atoms with E-state index < -0.39 is 9.84 Å². The summed E-state index contributed by atoms with van der Waals surface area (Å²) in [7, 11) is -3.17. The number of hydrogen-bond acceptors (Lipinski definition) is 2. The van der Waals surface area contributed by atoms with E-state index in [1.54, 1.807) is 12.1 Å². The maximum Gasteiger partial charge on any atom is 0.175 e. The van der Waals surface area contributed by atoms with Crippen LogP contribution in [-0.4, -0.2) is 14.7 Å². The molecule has 0 heterocycles. The first kappa shape index (κ1) is 15.5. The largest absolute Gasteiger partial charge is 0.224 e. The summed E-state index contributed by atoms with van der Waals surface area (Å²) in [6, 6.07) is 23.6. The zero-order valence-corrected chi connectivity index (χ0v) is 14.0. The van der Waals surface area contributed by atoms with E-state index in [9.17, 15) is 8.42 Å². The van der Waals surface area contributed by atoms with Crippen molar-refractivity contribution in [2.24, 2.45) is 0 Å². The Kier molecular flexibility index (Phi) is 4.05. The van der Waals surface area contributed by atoms with E-state index in [0.717, 1.165) is 22.3 Å². The second kappa shape index (κ2) is 6.01. The fourth-order valence-corrected chi connectivity index (χ4v) is 3.31. The van der Waals surface area contributed by atoms with Crippen molar-refractivity contribution >= 4 is 9.84 Å². The number of aryl methyl sites for hydroxylation is 1. The molecular weight excluding hydrogens is 304 g/mol. The molecule has 0 saturated carbocycles. The number of benzene rings is 3. The summed E-state index contributed by atoms with van der Waals surface area (Å²) in [5.41, 5.74) is 5.62. The van der Waals surface area contributed by atoms with Crippen LogP contribution < -0.4 is 0 Å². The Bertz CT molecular complexity index is 939. The van der Waals surface area contributed by atoms with E-state index >= 15 is 0 Å². The van der Waals surface area contributed by atoms with E-state index in [1.807, 2.05) is 30.3 Å². The first-order valence-electron chi connectivity index (χ1n) is 7.42. The van der Waals surface area contributed by atoms with Crippen LogP contribution in [0.2, 0.25) is 0 Å². The van der Waals surface area contributed by atoms with Gasteiger partial charge in [0.2, 0.25) is 0 Å². The van der Waals surface area contributed by atoms with Crippen molar-refractivity contribution in [3.8, 4) is 22.3 Å². The van der Waals surface area contributed by atoms with E-state index in [4.69, 9.17) is 0 Å². The first-order chi connectivity index (χ1) is 10.9. The average molecular weight is 322 g/mol. The second-order valence-corrected chi connectivity index (χ2v) is 7.73. The summed E-state index contributed by atoms with van der Waals surface area (Å²) in [6.07, 6.45) is 1.22. The Balaban J connectivity index is 2.11. The topological polar surface area (TPSA) is 34.1 Å². The number of sulfone groups is 1. The van der Waals surface area contributed by atoms with Gasteiger partial charge < -0.3 is 0 Å². The third-order valence-electron chi connectivity index (χ3n) is 3.85. The Hall–Kier alpha value is -2.39. The maximum absolute atomic E-state index is 11.6. The number of hydrogen-bond donors (Lipinski definition) is 0. The minimum absolute atomic E-state index is 0.342. The summed E-state index contributed by atoms with van der Waals surface area (Å²) in [4.78, 5) is 0.342. The maximum atomic E-state index is 11.6. The van der Waals surface area contributed by atoms with Gasteiger partial charge in [-0.1, -0.05) is 66.2 Å². The lowest BCUT2D eigenvalue weighted by Crippen LogP contribution is -1.96. The smallest absolute Gasteiger partial charge is 0.175 e. The van der Waals surface area contributed by atoms with Crippen molar-refractivity contribution in [3.63, 3.8) is 0 Å². The molecule has 0 spiro atoms. The average Bonchev–Trinajstić information content (AvgIpc) is 2.54. The SMILES string of the molecule is Cc1cccc(-c2ccccc2-c2ccc(S(C)(=O)=O)cc2)c1. The van der Waals surface area contributed by atoms with Gasteiger partial charge in [0.15, 0.2) is 9.84 Å². The molecule has 116 valence electrons. The molecule has 0 bridgehead atoms. The van der Waals surface area contributed by atoms with Gasteiger partial charge in [-0.05, 0) is 41.3 Å². The Morgan fingerprint density at radius 3 is 1.87 bits per heavy atom. The predicted octanol–water partition coefficient (Wildman–Crippen LogP) is 4.73. The molecule has 0 aromatic heterocycles. The molecular formula is C20H18O2S. The molecule has 2 nitrogen and oxygen atoms in total. The van der Waals surface area contributed by atoms with E-state index in [0.29, 0.717) is 4.90 Å². The highest BCUT2D eigenvalue weighted by atomic mass is 32.2. The van der Waals surface area contributed by atoms with Gasteiger partial charge in [0.1, 0.15) is 0 Å². The Labute approximate surface area is 137 Å². The third kappa shape index (κ3) is 3.35. The van der Waals surface area contributed by atoms with Gasteiger partial charge in [0.25, 0.3) is 0 Å². The predicted molar refractivity (Wildman–Crippen MR) is 95.2 cm³/mol. The van der Waals surface area contributed by atoms with Gasteiger partial charge in [-0.25, -0.2) is 8.42 Å². The Morgan fingerprint density at radius 1 is 0.696 bits per heavy atom. The van der Waals surface area contributed by atoms with Crippen LogP contribution >= 0.6 is 0 Å². The molecule has 0 radical (unpaired) electrons. The molecule has 3 aromatic carbocycles. The molecule has 0 atom stereocenters. The minimum Gasteiger partial charge on any atom is -0.224 e. The highest BCUT2D eigenvalue weighted by molar-refractivity contribution is 7.90. The lowest BCUT2D eigenvalue weighted by molar-refractivity contribution is 0.602. The van der Waals surface area contributed by atoms with Crippen LogP contribution in [0.5, 0.6) is 0 Å². The molecule has 0 fully saturated rings. The van der Waals surface area contributed by atoms with Crippen LogP contribution in [0.4, 0.5) is 0 Å². The molecule has 0 saturated heterocycles. The third-order valence-corrected chi connectivity index (χ3v) is 4.98. The standard InChI is InChI=1S/C20H18O2S/c1-15-6-5-7-17(14-15)20-9-4-3-8-19(20)16-10-12-18(13-11-16)23(2,21)22/h3-14H,1-2H3. The quantitative estimate of drug-likeness (QED) is 0.698. The van der Waals surface area contributed by atoms with Gasteiger partial charge >= 0.3 is 0 Å². The molecule has 0 aliphatic heterocycles. The summed E-state index contributed by atoms with van der Waals surface area (Å²) in [5.74, 6) is 0. The zero-order valence-electron chi connectivity index (χ0n) is 13.2. The van der Waals surface area contributed by atoms with Crippen molar-refractivity contribution in [3.05, 3.63) is 78.4 Å². The van der Waals surface area contributed by atoms with E-state index in [-0.39, 0.29) is 0 Å². The van der Waals surface area contributed by atoms with Gasteiger partial charge in [-0.15, -0.1) is 0 Å². The van der Waals surface area contributed by atoms with Crippen molar-refractivity contribution < 1.29 is 8.42 Å². The minimum atomic E-state index is -3.17. The van der Waals surface area contributed by atoms with E-state index in [1.165, 1.54) is 11.8 Å². The van der Waals surface area contributed by atoms with Crippen LogP contribution in [0.25, 0.3) is 22.3 Å². The number of rotatable bonds is 3. The monoisotopic (exact) mass is 322 g/mol. The highest BCUT2D eigenvalue weighted by Gasteiger charge is 2.10. The summed E-state index contributed by atoms with van der Waals surface area (Å²) in [6.45, 7) is 2.08. The van der Waals surface area contributed by atoms with Crippen LogP contribution in [0.15, 0.2) is 77.7 Å². The van der Waals surface area contributed by atoms with Gasteiger partial charge in [0, 0.05) is 6.26 Å². The molecule has 23 heavy (non-hydrogen) atoms. The normalized spacial score (nSPS) is 11.4. The van der Waals surface area contributed by atoms with Crippen molar-refractivity contribution in [2.45, 2.75) is 11.8 Å². The zero-order chi connectivity index (χ0) is 16.4. The Morgan fingerprint density at radius 2 is 1.30 bits per heavy atom. The van der Waals surface area contributed by atoms with Crippen LogP contribution in [-0.2, 0) is 9.84 Å². The van der Waals surface area contributed by atoms with Gasteiger partial charge in [-0.2, -0.15) is 0 Å². The summed E-state index contributed by atoms with van der Waals surface area (Å²) in [5, 5.41) is 0. The summed E-state index contributed by atoms with van der Waals surface area (Å²) < 4.78 is 23.2. The van der Waals surface area contributed by atoms with Crippen LogP contribution in [0, 0.1) is 6.92 Å². The molecule has 0 aliphatic carbocycles. The fraction of sp³-hybridized carbons (Fsp3) is 0.100. The van der Waals surface area contributed by atoms with Crippen molar-refractivity contribution in [1.29, 1.82) is 0 Å². The molecule has 0 N–H and O–H groups in total. The molecule has 0 unspecified atom stereocenters. The lowest BCUT2D eigenvalue weighted by Gasteiger charge is -2.11.